The molecule has 2 rings (SSSR count). The zero-order chi connectivity index (χ0) is 14.7. The molecule has 0 spiro atoms. The molecule has 20 heavy (non-hydrogen) atoms. The maximum Gasteiger partial charge on any atom is 0.284 e. The maximum atomic E-state index is 12.0. The number of halogens is 1. The molecule has 1 heterocycles. The summed E-state index contributed by atoms with van der Waals surface area (Å²) < 4.78 is 0.178. The van der Waals surface area contributed by atoms with Gasteiger partial charge in [0.05, 0.1) is 27.7 Å². The van der Waals surface area contributed by atoms with Gasteiger partial charge in [0.25, 0.3) is 11.6 Å². The van der Waals surface area contributed by atoms with Crippen LogP contribution in [0.25, 0.3) is 0 Å². The highest BCUT2D eigenvalue weighted by atomic mass is 79.9. The van der Waals surface area contributed by atoms with Crippen molar-refractivity contribution in [2.75, 3.05) is 0 Å². The van der Waals surface area contributed by atoms with Gasteiger partial charge < -0.3 is 5.32 Å². The predicted molar refractivity (Wildman–Crippen MR) is 78.8 cm³/mol. The van der Waals surface area contributed by atoms with Gasteiger partial charge in [-0.05, 0) is 28.9 Å². The SMILES string of the molecule is Cc1nc(CNC(=O)c2cccc([N+](=O)[O-])c2Br)cs1. The molecule has 1 aromatic heterocycles. The number of thiazole rings is 1. The number of carbonyl (C=O) groups is 1. The molecule has 0 aliphatic carbocycles. The van der Waals surface area contributed by atoms with Crippen LogP contribution in [0.4, 0.5) is 5.69 Å². The lowest BCUT2D eigenvalue weighted by Crippen LogP contribution is -2.23. The number of nitro benzene ring substituents is 1. The monoisotopic (exact) mass is 355 g/mol. The Hall–Kier alpha value is -1.80. The van der Waals surface area contributed by atoms with E-state index in [9.17, 15) is 14.9 Å². The zero-order valence-electron chi connectivity index (χ0n) is 10.4. The van der Waals surface area contributed by atoms with Crippen LogP contribution >= 0.6 is 27.3 Å². The molecule has 0 radical (unpaired) electrons. The highest BCUT2D eigenvalue weighted by molar-refractivity contribution is 9.10. The van der Waals surface area contributed by atoms with Crippen molar-refractivity contribution in [3.05, 3.63) is 54.4 Å². The molecular formula is C12H10BrN3O3S. The summed E-state index contributed by atoms with van der Waals surface area (Å²) in [5.74, 6) is -0.383. The molecule has 104 valence electrons. The standard InChI is InChI=1S/C12H10BrN3O3S/c1-7-15-8(6-20-7)5-14-12(17)9-3-2-4-10(11(9)13)16(18)19/h2-4,6H,5H2,1H3,(H,14,17). The normalized spacial score (nSPS) is 10.3. The Morgan fingerprint density at radius 1 is 1.55 bits per heavy atom. The molecule has 1 amide bonds. The molecule has 1 aromatic carbocycles. The summed E-state index contributed by atoms with van der Waals surface area (Å²) in [7, 11) is 0. The van der Waals surface area contributed by atoms with Gasteiger partial charge in [-0.25, -0.2) is 4.98 Å². The summed E-state index contributed by atoms with van der Waals surface area (Å²) in [6, 6.07) is 4.34. The summed E-state index contributed by atoms with van der Waals surface area (Å²) in [6.45, 7) is 2.17. The van der Waals surface area contributed by atoms with Gasteiger partial charge in [-0.15, -0.1) is 11.3 Å². The van der Waals surface area contributed by atoms with E-state index >= 15 is 0 Å². The lowest BCUT2D eigenvalue weighted by atomic mass is 10.2. The van der Waals surface area contributed by atoms with Crippen LogP contribution in [0.5, 0.6) is 0 Å². The van der Waals surface area contributed by atoms with Crippen molar-refractivity contribution in [1.29, 1.82) is 0 Å². The van der Waals surface area contributed by atoms with Crippen molar-refractivity contribution in [2.24, 2.45) is 0 Å². The first-order valence-electron chi connectivity index (χ1n) is 5.61. The summed E-state index contributed by atoms with van der Waals surface area (Å²) in [5.41, 5.74) is 0.857. The van der Waals surface area contributed by atoms with Crippen molar-refractivity contribution in [1.82, 2.24) is 10.3 Å². The lowest BCUT2D eigenvalue weighted by molar-refractivity contribution is -0.385. The summed E-state index contributed by atoms with van der Waals surface area (Å²) in [6.07, 6.45) is 0. The second-order valence-electron chi connectivity index (χ2n) is 3.94. The number of aromatic nitrogens is 1. The van der Waals surface area contributed by atoms with Gasteiger partial charge in [0.2, 0.25) is 0 Å². The third-order valence-electron chi connectivity index (χ3n) is 2.52. The first-order chi connectivity index (χ1) is 9.49. The number of amides is 1. The van der Waals surface area contributed by atoms with Crippen LogP contribution in [-0.2, 0) is 6.54 Å². The smallest absolute Gasteiger partial charge is 0.284 e. The van der Waals surface area contributed by atoms with E-state index in [1.165, 1.54) is 29.5 Å². The Bertz CT molecular complexity index is 672. The first kappa shape index (κ1) is 14.6. The van der Waals surface area contributed by atoms with Crippen LogP contribution < -0.4 is 5.32 Å². The highest BCUT2D eigenvalue weighted by Gasteiger charge is 2.19. The lowest BCUT2D eigenvalue weighted by Gasteiger charge is -2.05. The van der Waals surface area contributed by atoms with Gasteiger partial charge in [0, 0.05) is 11.4 Å². The van der Waals surface area contributed by atoms with Crippen LogP contribution in [0.1, 0.15) is 21.1 Å². The number of aryl methyl sites for hydroxylation is 1. The molecule has 0 saturated heterocycles. The third kappa shape index (κ3) is 3.20. The molecular weight excluding hydrogens is 346 g/mol. The minimum absolute atomic E-state index is 0.137. The van der Waals surface area contributed by atoms with Crippen LogP contribution in [0.3, 0.4) is 0 Å². The molecule has 0 saturated carbocycles. The molecule has 8 heteroatoms. The minimum Gasteiger partial charge on any atom is -0.346 e. The van der Waals surface area contributed by atoms with Crippen LogP contribution in [-0.4, -0.2) is 15.8 Å². The Kier molecular flexibility index (Phi) is 4.46. The minimum atomic E-state index is -0.537. The van der Waals surface area contributed by atoms with E-state index < -0.39 is 4.92 Å². The van der Waals surface area contributed by atoms with Gasteiger partial charge in [-0.3, -0.25) is 14.9 Å². The summed E-state index contributed by atoms with van der Waals surface area (Å²) in [5, 5.41) is 16.3. The van der Waals surface area contributed by atoms with Crippen LogP contribution in [0.15, 0.2) is 28.1 Å². The number of rotatable bonds is 4. The van der Waals surface area contributed by atoms with Crippen molar-refractivity contribution < 1.29 is 9.72 Å². The van der Waals surface area contributed by atoms with Crippen LogP contribution in [0, 0.1) is 17.0 Å². The van der Waals surface area contributed by atoms with Crippen LogP contribution in [0.2, 0.25) is 0 Å². The Balaban J connectivity index is 2.13. The Morgan fingerprint density at radius 3 is 2.90 bits per heavy atom. The largest absolute Gasteiger partial charge is 0.346 e. The molecule has 0 aliphatic heterocycles. The summed E-state index contributed by atoms with van der Waals surface area (Å²) >= 11 is 4.60. The highest BCUT2D eigenvalue weighted by Crippen LogP contribution is 2.28. The van der Waals surface area contributed by atoms with Gasteiger partial charge >= 0.3 is 0 Å². The molecule has 0 unspecified atom stereocenters. The third-order valence-corrected chi connectivity index (χ3v) is 4.17. The fourth-order valence-corrected chi connectivity index (χ4v) is 2.79. The Labute approximate surface area is 127 Å². The van der Waals surface area contributed by atoms with Gasteiger partial charge in [0.15, 0.2) is 0 Å². The van der Waals surface area contributed by atoms with E-state index in [1.807, 2.05) is 12.3 Å². The molecule has 6 nitrogen and oxygen atoms in total. The van der Waals surface area contributed by atoms with E-state index in [2.05, 4.69) is 26.2 Å². The fraction of sp³-hybridized carbons (Fsp3) is 0.167. The number of nitrogens with one attached hydrogen (secondary N) is 1. The zero-order valence-corrected chi connectivity index (χ0v) is 12.8. The second kappa shape index (κ2) is 6.10. The van der Waals surface area contributed by atoms with Gasteiger partial charge in [0.1, 0.15) is 4.47 Å². The van der Waals surface area contributed by atoms with Gasteiger partial charge in [-0.1, -0.05) is 6.07 Å². The van der Waals surface area contributed by atoms with E-state index in [4.69, 9.17) is 0 Å². The van der Waals surface area contributed by atoms with Crippen molar-refractivity contribution >= 4 is 38.9 Å². The fourth-order valence-electron chi connectivity index (χ4n) is 1.59. The maximum absolute atomic E-state index is 12.0. The number of nitrogens with zero attached hydrogens (tertiary/aromatic N) is 2. The molecule has 0 fully saturated rings. The number of carbonyl (C=O) groups excluding carboxylic acids is 1. The number of hydrogen-bond acceptors (Lipinski definition) is 5. The molecule has 0 aliphatic rings. The molecule has 1 N–H and O–H groups in total. The van der Waals surface area contributed by atoms with Gasteiger partial charge in [-0.2, -0.15) is 0 Å². The number of nitro groups is 1. The average Bonchev–Trinajstić information content (AvgIpc) is 2.81. The molecule has 0 atom stereocenters. The van der Waals surface area contributed by atoms with E-state index in [0.29, 0.717) is 0 Å². The number of hydrogen-bond donors (Lipinski definition) is 1. The van der Waals surface area contributed by atoms with Crippen molar-refractivity contribution in [2.45, 2.75) is 13.5 Å². The van der Waals surface area contributed by atoms with E-state index in [1.54, 1.807) is 0 Å². The molecule has 2 aromatic rings. The predicted octanol–water partition coefficient (Wildman–Crippen LogP) is 3.05. The quantitative estimate of drug-likeness (QED) is 0.674. The topological polar surface area (TPSA) is 85.1 Å². The van der Waals surface area contributed by atoms with Crippen molar-refractivity contribution in [3.8, 4) is 0 Å². The first-order valence-corrected chi connectivity index (χ1v) is 7.28. The van der Waals surface area contributed by atoms with E-state index in [-0.39, 0.29) is 28.2 Å². The summed E-state index contributed by atoms with van der Waals surface area (Å²) in [4.78, 5) is 26.5. The van der Waals surface area contributed by atoms with E-state index in [0.717, 1.165) is 10.7 Å². The van der Waals surface area contributed by atoms with Crippen molar-refractivity contribution in [3.63, 3.8) is 0 Å². The number of benzene rings is 1. The Morgan fingerprint density at radius 2 is 2.30 bits per heavy atom. The average molecular weight is 356 g/mol. The second-order valence-corrected chi connectivity index (χ2v) is 5.79. The molecule has 0 bridgehead atoms.